The Kier molecular flexibility index (Phi) is 5.10. The van der Waals surface area contributed by atoms with Crippen LogP contribution in [0.5, 0.6) is 5.75 Å². The summed E-state index contributed by atoms with van der Waals surface area (Å²) in [5, 5.41) is 13.7. The van der Waals surface area contributed by atoms with E-state index < -0.39 is 17.5 Å². The van der Waals surface area contributed by atoms with Crippen molar-refractivity contribution < 1.29 is 17.9 Å². The zero-order valence-corrected chi connectivity index (χ0v) is 15.1. The van der Waals surface area contributed by atoms with Crippen molar-refractivity contribution in [2.75, 3.05) is 0 Å². The molecule has 1 aromatic heterocycles. The van der Waals surface area contributed by atoms with Gasteiger partial charge in [0.1, 0.15) is 12.7 Å². The van der Waals surface area contributed by atoms with E-state index >= 15 is 0 Å². The summed E-state index contributed by atoms with van der Waals surface area (Å²) in [5.74, 6) is -3.85. The van der Waals surface area contributed by atoms with E-state index in [0.29, 0.717) is 45.4 Å². The highest BCUT2D eigenvalue weighted by Gasteiger charge is 2.16. The Balaban J connectivity index is 1.90. The maximum atomic E-state index is 13.7. The van der Waals surface area contributed by atoms with Gasteiger partial charge in [-0.05, 0) is 32.0 Å². The van der Waals surface area contributed by atoms with Crippen molar-refractivity contribution in [3.63, 3.8) is 0 Å². The van der Waals surface area contributed by atoms with Crippen LogP contribution in [0.2, 0.25) is 5.02 Å². The number of nitriles is 1. The van der Waals surface area contributed by atoms with Crippen molar-refractivity contribution in [3.8, 4) is 17.5 Å². The minimum absolute atomic E-state index is 0.0797. The third-order valence-electron chi connectivity index (χ3n) is 4.11. The smallest absolute Gasteiger partial charge is 0.168 e. The molecule has 0 fully saturated rings. The molecule has 0 aliphatic heterocycles. The van der Waals surface area contributed by atoms with Crippen molar-refractivity contribution in [3.05, 3.63) is 75.3 Å². The van der Waals surface area contributed by atoms with Gasteiger partial charge in [0.2, 0.25) is 0 Å². The molecule has 0 amide bonds. The number of hydrogen-bond donors (Lipinski definition) is 0. The average molecular weight is 392 g/mol. The fourth-order valence-electron chi connectivity index (χ4n) is 2.63. The second-order valence-electron chi connectivity index (χ2n) is 5.82. The van der Waals surface area contributed by atoms with Gasteiger partial charge in [0.05, 0.1) is 22.0 Å². The van der Waals surface area contributed by atoms with Gasteiger partial charge in [-0.2, -0.15) is 10.4 Å². The Hall–Kier alpha value is -2.98. The lowest BCUT2D eigenvalue weighted by molar-refractivity contribution is 0.285. The van der Waals surface area contributed by atoms with Gasteiger partial charge in [-0.1, -0.05) is 11.6 Å². The monoisotopic (exact) mass is 391 g/mol. The van der Waals surface area contributed by atoms with Gasteiger partial charge in [0, 0.05) is 23.4 Å². The lowest BCUT2D eigenvalue weighted by atomic mass is 10.2. The summed E-state index contributed by atoms with van der Waals surface area (Å²) in [7, 11) is 0. The Labute approximate surface area is 158 Å². The first-order valence-electron chi connectivity index (χ1n) is 7.84. The number of ether oxygens (including phenoxy) is 1. The van der Waals surface area contributed by atoms with Crippen LogP contribution in [0.15, 0.2) is 30.3 Å². The maximum absolute atomic E-state index is 13.7. The van der Waals surface area contributed by atoms with Crippen LogP contribution < -0.4 is 4.74 Å². The summed E-state index contributed by atoms with van der Waals surface area (Å²) in [6.45, 7) is 3.45. The molecular weight excluding hydrogens is 379 g/mol. The lowest BCUT2D eigenvalue weighted by Gasteiger charge is -2.09. The van der Waals surface area contributed by atoms with Gasteiger partial charge in [0.25, 0.3) is 0 Å². The van der Waals surface area contributed by atoms with Gasteiger partial charge < -0.3 is 4.74 Å². The van der Waals surface area contributed by atoms with E-state index in [-0.39, 0.29) is 12.4 Å². The molecule has 8 heteroatoms. The highest BCUT2D eigenvalue weighted by Crippen LogP contribution is 2.25. The topological polar surface area (TPSA) is 50.8 Å². The molecule has 0 saturated heterocycles. The number of benzene rings is 2. The highest BCUT2D eigenvalue weighted by molar-refractivity contribution is 6.31. The Morgan fingerprint density at radius 1 is 1.11 bits per heavy atom. The van der Waals surface area contributed by atoms with Crippen molar-refractivity contribution >= 4 is 11.6 Å². The summed E-state index contributed by atoms with van der Waals surface area (Å²) in [6, 6.07) is 7.98. The van der Waals surface area contributed by atoms with Crippen LogP contribution in [0.4, 0.5) is 13.2 Å². The first kappa shape index (κ1) is 18.8. The summed E-state index contributed by atoms with van der Waals surface area (Å²) >= 11 is 6.07. The van der Waals surface area contributed by atoms with E-state index in [9.17, 15) is 13.2 Å². The van der Waals surface area contributed by atoms with E-state index in [2.05, 4.69) is 5.10 Å². The first-order valence-corrected chi connectivity index (χ1v) is 8.22. The molecule has 0 spiro atoms. The summed E-state index contributed by atoms with van der Waals surface area (Å²) in [4.78, 5) is 0. The normalized spacial score (nSPS) is 10.7. The Bertz CT molecular complexity index is 1070. The van der Waals surface area contributed by atoms with Gasteiger partial charge in [-0.15, -0.1) is 0 Å². The van der Waals surface area contributed by atoms with Crippen LogP contribution >= 0.6 is 11.6 Å². The standard InChI is InChI=1S/C19H13ClF3N3O/c1-10-14(9-27-19-7-17(22)16(21)6-18(19)23)11(2)26(25-10)13-4-3-12(8-24)15(20)5-13/h3-7H,9H2,1-2H3. The molecule has 0 atom stereocenters. The molecule has 0 aliphatic rings. The quantitative estimate of drug-likeness (QED) is 0.587. The van der Waals surface area contributed by atoms with Crippen molar-refractivity contribution in [1.29, 1.82) is 5.26 Å². The average Bonchev–Trinajstić information content (AvgIpc) is 2.91. The summed E-state index contributed by atoms with van der Waals surface area (Å²) in [6.07, 6.45) is 0. The lowest BCUT2D eigenvalue weighted by Crippen LogP contribution is -2.03. The van der Waals surface area contributed by atoms with Gasteiger partial charge in [-0.25, -0.2) is 17.9 Å². The molecule has 1 heterocycles. The number of aromatic nitrogens is 2. The van der Waals surface area contributed by atoms with Crippen LogP contribution in [-0.4, -0.2) is 9.78 Å². The zero-order chi connectivity index (χ0) is 19.7. The molecule has 0 N–H and O–H groups in total. The highest BCUT2D eigenvalue weighted by atomic mass is 35.5. The van der Waals surface area contributed by atoms with E-state index in [1.54, 1.807) is 36.7 Å². The number of nitrogens with zero attached hydrogens (tertiary/aromatic N) is 3. The van der Waals surface area contributed by atoms with Crippen molar-refractivity contribution in [1.82, 2.24) is 9.78 Å². The summed E-state index contributed by atoms with van der Waals surface area (Å²) < 4.78 is 47.0. The fraction of sp³-hybridized carbons (Fsp3) is 0.158. The number of rotatable bonds is 4. The van der Waals surface area contributed by atoms with E-state index in [0.717, 1.165) is 0 Å². The molecule has 27 heavy (non-hydrogen) atoms. The van der Waals surface area contributed by atoms with Crippen LogP contribution in [0.1, 0.15) is 22.5 Å². The largest absolute Gasteiger partial charge is 0.486 e. The molecule has 2 aromatic carbocycles. The number of hydrogen-bond acceptors (Lipinski definition) is 3. The molecule has 3 aromatic rings. The van der Waals surface area contributed by atoms with Crippen LogP contribution in [0, 0.1) is 42.6 Å². The number of aryl methyl sites for hydroxylation is 1. The van der Waals surface area contributed by atoms with Crippen LogP contribution in [0.25, 0.3) is 5.69 Å². The molecule has 0 saturated carbocycles. The Morgan fingerprint density at radius 2 is 1.81 bits per heavy atom. The van der Waals surface area contributed by atoms with Crippen LogP contribution in [0.3, 0.4) is 0 Å². The van der Waals surface area contributed by atoms with Crippen molar-refractivity contribution in [2.45, 2.75) is 20.5 Å². The molecule has 3 rings (SSSR count). The molecule has 0 aliphatic carbocycles. The minimum Gasteiger partial charge on any atom is -0.486 e. The SMILES string of the molecule is Cc1nn(-c2ccc(C#N)c(Cl)c2)c(C)c1COc1cc(F)c(F)cc1F. The molecule has 0 bridgehead atoms. The molecule has 138 valence electrons. The second kappa shape index (κ2) is 7.33. The third-order valence-corrected chi connectivity index (χ3v) is 4.42. The van der Waals surface area contributed by atoms with Gasteiger partial charge in [0.15, 0.2) is 23.2 Å². The molecule has 4 nitrogen and oxygen atoms in total. The summed E-state index contributed by atoms with van der Waals surface area (Å²) in [5.41, 5.74) is 2.98. The van der Waals surface area contributed by atoms with E-state index in [1.165, 1.54) is 0 Å². The minimum atomic E-state index is -1.28. The number of halogens is 4. The predicted octanol–water partition coefficient (Wildman–Crippen LogP) is 5.01. The van der Waals surface area contributed by atoms with Gasteiger partial charge >= 0.3 is 0 Å². The van der Waals surface area contributed by atoms with E-state index in [4.69, 9.17) is 21.6 Å². The fourth-order valence-corrected chi connectivity index (χ4v) is 2.84. The predicted molar refractivity (Wildman–Crippen MR) is 93.4 cm³/mol. The van der Waals surface area contributed by atoms with Gasteiger partial charge in [-0.3, -0.25) is 0 Å². The molecular formula is C19H13ClF3N3O. The van der Waals surface area contributed by atoms with Crippen LogP contribution in [-0.2, 0) is 6.61 Å². The molecule has 0 unspecified atom stereocenters. The second-order valence-corrected chi connectivity index (χ2v) is 6.23. The first-order chi connectivity index (χ1) is 12.8. The molecule has 0 radical (unpaired) electrons. The Morgan fingerprint density at radius 3 is 2.48 bits per heavy atom. The maximum Gasteiger partial charge on any atom is 0.168 e. The third kappa shape index (κ3) is 3.62. The zero-order valence-electron chi connectivity index (χ0n) is 14.4. The van der Waals surface area contributed by atoms with E-state index in [1.807, 2.05) is 6.07 Å². The van der Waals surface area contributed by atoms with Crippen molar-refractivity contribution in [2.24, 2.45) is 0 Å².